The molecule has 184 valence electrons. The zero-order chi connectivity index (χ0) is 25.1. The number of anilines is 2. The second-order valence-corrected chi connectivity index (χ2v) is 8.50. The van der Waals surface area contributed by atoms with Crippen LogP contribution in [0.5, 0.6) is 11.5 Å². The normalized spacial score (nSPS) is 10.7. The molecule has 0 atom stereocenters. The first kappa shape index (κ1) is 26.5. The van der Waals surface area contributed by atoms with Gasteiger partial charge in [-0.2, -0.15) is 0 Å². The molecular weight excluding hydrogens is 438 g/mol. The predicted octanol–water partition coefficient (Wildman–Crippen LogP) is 4.59. The number of carbonyl (C=O) groups excluding carboxylic acids is 3. The average Bonchev–Trinajstić information content (AvgIpc) is 2.77. The van der Waals surface area contributed by atoms with Gasteiger partial charge in [-0.05, 0) is 69.7 Å². The minimum absolute atomic E-state index is 0.228. The first-order valence-corrected chi connectivity index (χ1v) is 11.1. The molecule has 0 bridgehead atoms. The summed E-state index contributed by atoms with van der Waals surface area (Å²) in [6, 6.07) is 11.5. The molecule has 3 N–H and O–H groups in total. The van der Waals surface area contributed by atoms with Gasteiger partial charge >= 0.3 is 6.09 Å². The van der Waals surface area contributed by atoms with Crippen LogP contribution in [0.2, 0.25) is 0 Å². The number of nitrogens with one attached hydrogen (secondary N) is 3. The van der Waals surface area contributed by atoms with Crippen LogP contribution >= 0.6 is 0 Å². The molecule has 0 spiro atoms. The van der Waals surface area contributed by atoms with Gasteiger partial charge in [-0.1, -0.05) is 13.3 Å². The first-order chi connectivity index (χ1) is 16.1. The van der Waals surface area contributed by atoms with Crippen molar-refractivity contribution < 1.29 is 28.6 Å². The van der Waals surface area contributed by atoms with Gasteiger partial charge in [-0.15, -0.1) is 0 Å². The summed E-state index contributed by atoms with van der Waals surface area (Å²) in [5.74, 6) is 0.288. The summed E-state index contributed by atoms with van der Waals surface area (Å²) in [4.78, 5) is 36.8. The number of amides is 3. The standard InChI is InChI=1S/C25H33N3O6/c1-6-7-14-33-19-11-8-17(9-12-19)23(30)26-16-22(29)27-18-10-13-21(32-5)20(15-18)28-24(31)34-25(2,3)4/h8-13,15H,6-7,14,16H2,1-5H3,(H,26,30)(H,27,29)(H,28,31). The zero-order valence-electron chi connectivity index (χ0n) is 20.3. The highest BCUT2D eigenvalue weighted by molar-refractivity contribution is 6.00. The number of methoxy groups -OCH3 is 1. The fourth-order valence-corrected chi connectivity index (χ4v) is 2.80. The number of carbonyl (C=O) groups is 3. The number of unbranched alkanes of at least 4 members (excludes halogenated alkanes) is 1. The number of ether oxygens (including phenoxy) is 3. The second kappa shape index (κ2) is 12.5. The zero-order valence-corrected chi connectivity index (χ0v) is 20.3. The molecule has 9 nitrogen and oxygen atoms in total. The molecule has 0 aliphatic rings. The summed E-state index contributed by atoms with van der Waals surface area (Å²) in [6.45, 7) is 7.75. The van der Waals surface area contributed by atoms with E-state index in [4.69, 9.17) is 14.2 Å². The Bertz CT molecular complexity index is 983. The molecule has 2 aromatic rings. The van der Waals surface area contributed by atoms with Crippen molar-refractivity contribution in [3.05, 3.63) is 48.0 Å². The quantitative estimate of drug-likeness (QED) is 0.437. The Morgan fingerprint density at radius 3 is 2.29 bits per heavy atom. The Hall–Kier alpha value is -3.75. The van der Waals surface area contributed by atoms with E-state index < -0.39 is 17.6 Å². The summed E-state index contributed by atoms with van der Waals surface area (Å²) in [7, 11) is 1.47. The molecule has 0 radical (unpaired) electrons. The van der Waals surface area contributed by atoms with Crippen molar-refractivity contribution in [2.75, 3.05) is 30.9 Å². The van der Waals surface area contributed by atoms with Gasteiger partial charge in [0.15, 0.2) is 0 Å². The van der Waals surface area contributed by atoms with Crippen LogP contribution in [0.25, 0.3) is 0 Å². The van der Waals surface area contributed by atoms with E-state index in [1.165, 1.54) is 7.11 Å². The summed E-state index contributed by atoms with van der Waals surface area (Å²) in [6.07, 6.45) is 1.36. The maximum atomic E-state index is 12.3. The molecule has 0 aliphatic heterocycles. The Balaban J connectivity index is 1.91. The largest absolute Gasteiger partial charge is 0.495 e. The van der Waals surface area contributed by atoms with Crippen molar-refractivity contribution in [2.24, 2.45) is 0 Å². The lowest BCUT2D eigenvalue weighted by atomic mass is 10.2. The summed E-state index contributed by atoms with van der Waals surface area (Å²) in [5.41, 5.74) is 0.507. The lowest BCUT2D eigenvalue weighted by Gasteiger charge is -2.20. The van der Waals surface area contributed by atoms with E-state index in [2.05, 4.69) is 22.9 Å². The third-order valence-corrected chi connectivity index (χ3v) is 4.41. The van der Waals surface area contributed by atoms with Crippen LogP contribution in [0.1, 0.15) is 50.9 Å². The molecule has 0 aliphatic carbocycles. The Morgan fingerprint density at radius 2 is 1.68 bits per heavy atom. The Kier molecular flexibility index (Phi) is 9.73. The average molecular weight is 472 g/mol. The molecule has 34 heavy (non-hydrogen) atoms. The van der Waals surface area contributed by atoms with Crippen molar-refractivity contribution in [1.29, 1.82) is 0 Å². The lowest BCUT2D eigenvalue weighted by molar-refractivity contribution is -0.115. The van der Waals surface area contributed by atoms with E-state index in [0.29, 0.717) is 35.0 Å². The van der Waals surface area contributed by atoms with E-state index in [-0.39, 0.29) is 12.5 Å². The summed E-state index contributed by atoms with van der Waals surface area (Å²) < 4.78 is 16.1. The SMILES string of the molecule is CCCCOc1ccc(C(=O)NCC(=O)Nc2ccc(OC)c(NC(=O)OC(C)(C)C)c2)cc1. The number of benzene rings is 2. The fraction of sp³-hybridized carbons (Fsp3) is 0.400. The van der Waals surface area contributed by atoms with Crippen LogP contribution in [0.4, 0.5) is 16.2 Å². The predicted molar refractivity (Wildman–Crippen MR) is 131 cm³/mol. The molecule has 2 rings (SSSR count). The van der Waals surface area contributed by atoms with E-state index in [1.807, 2.05) is 0 Å². The minimum Gasteiger partial charge on any atom is -0.495 e. The molecule has 0 fully saturated rings. The molecule has 9 heteroatoms. The highest BCUT2D eigenvalue weighted by atomic mass is 16.6. The maximum Gasteiger partial charge on any atom is 0.412 e. The molecule has 0 aromatic heterocycles. The molecule has 2 aromatic carbocycles. The highest BCUT2D eigenvalue weighted by Gasteiger charge is 2.18. The molecular formula is C25H33N3O6. The third kappa shape index (κ3) is 9.01. The first-order valence-electron chi connectivity index (χ1n) is 11.1. The van der Waals surface area contributed by atoms with Crippen molar-refractivity contribution in [1.82, 2.24) is 5.32 Å². The monoisotopic (exact) mass is 471 g/mol. The number of hydrogen-bond acceptors (Lipinski definition) is 6. The van der Waals surface area contributed by atoms with Gasteiger partial charge in [0.25, 0.3) is 5.91 Å². The van der Waals surface area contributed by atoms with E-state index in [1.54, 1.807) is 63.2 Å². The maximum absolute atomic E-state index is 12.3. The summed E-state index contributed by atoms with van der Waals surface area (Å²) >= 11 is 0. The molecule has 0 saturated heterocycles. The van der Waals surface area contributed by atoms with Crippen LogP contribution in [-0.4, -0.2) is 43.8 Å². The highest BCUT2D eigenvalue weighted by Crippen LogP contribution is 2.28. The molecule has 3 amide bonds. The molecule has 0 unspecified atom stereocenters. The Labute approximate surface area is 200 Å². The fourth-order valence-electron chi connectivity index (χ4n) is 2.80. The number of hydrogen-bond donors (Lipinski definition) is 3. The van der Waals surface area contributed by atoms with Crippen LogP contribution in [-0.2, 0) is 9.53 Å². The van der Waals surface area contributed by atoms with Gasteiger partial charge < -0.3 is 24.8 Å². The lowest BCUT2D eigenvalue weighted by Crippen LogP contribution is -2.32. The van der Waals surface area contributed by atoms with Crippen molar-refractivity contribution in [3.8, 4) is 11.5 Å². The van der Waals surface area contributed by atoms with Gasteiger partial charge in [-0.3, -0.25) is 14.9 Å². The second-order valence-electron chi connectivity index (χ2n) is 8.50. The topological polar surface area (TPSA) is 115 Å². The van der Waals surface area contributed by atoms with Gasteiger partial charge in [-0.25, -0.2) is 4.79 Å². The van der Waals surface area contributed by atoms with Gasteiger partial charge in [0.1, 0.15) is 17.1 Å². The van der Waals surface area contributed by atoms with Crippen LogP contribution < -0.4 is 25.4 Å². The van der Waals surface area contributed by atoms with E-state index >= 15 is 0 Å². The van der Waals surface area contributed by atoms with Crippen molar-refractivity contribution >= 4 is 29.3 Å². The van der Waals surface area contributed by atoms with E-state index in [9.17, 15) is 14.4 Å². The smallest absolute Gasteiger partial charge is 0.412 e. The molecule has 0 heterocycles. The summed E-state index contributed by atoms with van der Waals surface area (Å²) in [5, 5.41) is 7.86. The van der Waals surface area contributed by atoms with E-state index in [0.717, 1.165) is 12.8 Å². The van der Waals surface area contributed by atoms with Crippen molar-refractivity contribution in [2.45, 2.75) is 46.1 Å². The Morgan fingerprint density at radius 1 is 0.971 bits per heavy atom. The van der Waals surface area contributed by atoms with Gasteiger partial charge in [0.2, 0.25) is 5.91 Å². The van der Waals surface area contributed by atoms with Crippen LogP contribution in [0, 0.1) is 0 Å². The van der Waals surface area contributed by atoms with Crippen LogP contribution in [0.3, 0.4) is 0 Å². The minimum atomic E-state index is -0.663. The number of rotatable bonds is 10. The van der Waals surface area contributed by atoms with Gasteiger partial charge in [0.05, 0.1) is 25.9 Å². The van der Waals surface area contributed by atoms with Gasteiger partial charge in [0, 0.05) is 11.3 Å². The third-order valence-electron chi connectivity index (χ3n) is 4.41. The molecule has 0 saturated carbocycles. The van der Waals surface area contributed by atoms with Crippen LogP contribution in [0.15, 0.2) is 42.5 Å². The van der Waals surface area contributed by atoms with Crippen molar-refractivity contribution in [3.63, 3.8) is 0 Å².